The molecule has 1 aliphatic heterocycles. The number of thioether (sulfide) groups is 1. The molecule has 4 aromatic carbocycles. The van der Waals surface area contributed by atoms with Gasteiger partial charge >= 0.3 is 5.91 Å². The summed E-state index contributed by atoms with van der Waals surface area (Å²) < 4.78 is 17.5. The summed E-state index contributed by atoms with van der Waals surface area (Å²) >= 11 is 2.72. The molecule has 1 N–H and O–H groups in total. The van der Waals surface area contributed by atoms with Crippen LogP contribution in [0.1, 0.15) is 36.6 Å². The van der Waals surface area contributed by atoms with Crippen LogP contribution < -0.4 is 19.1 Å². The highest BCUT2D eigenvalue weighted by molar-refractivity contribution is 8.00. The first-order chi connectivity index (χ1) is 22.4. The number of aliphatic hydroxyl groups is 1. The summed E-state index contributed by atoms with van der Waals surface area (Å²) in [6, 6.07) is 25.2. The Morgan fingerprint density at radius 3 is 2.41 bits per heavy atom. The van der Waals surface area contributed by atoms with E-state index in [1.807, 2.05) is 32.0 Å². The molecule has 1 saturated heterocycles. The van der Waals surface area contributed by atoms with E-state index in [-0.39, 0.29) is 16.5 Å². The SMILES string of the molecule is CCOc1ccc(C2/C(=C(\O)c3ccc(OC)cc3)C(=O)C(=O)N2c2nnc(SCc3cccc4ccccc34)s2)cc1OCC. The zero-order chi connectivity index (χ0) is 32.2. The molecule has 1 aliphatic rings. The number of methoxy groups -OCH3 is 1. The number of Topliss-reactive ketones (excluding diaryl/α,β-unsaturated/α-hetero) is 1. The van der Waals surface area contributed by atoms with Crippen molar-refractivity contribution in [1.82, 2.24) is 10.2 Å². The van der Waals surface area contributed by atoms with Crippen LogP contribution in [0.5, 0.6) is 17.2 Å². The second-order valence-electron chi connectivity index (χ2n) is 10.2. The average molecular weight is 654 g/mol. The fraction of sp³-hybridized carbons (Fsp3) is 0.200. The fourth-order valence-electron chi connectivity index (χ4n) is 5.40. The number of nitrogens with zero attached hydrogens (tertiary/aromatic N) is 3. The summed E-state index contributed by atoms with van der Waals surface area (Å²) in [5, 5.41) is 22.8. The van der Waals surface area contributed by atoms with Crippen molar-refractivity contribution < 1.29 is 28.9 Å². The lowest BCUT2D eigenvalue weighted by Crippen LogP contribution is -2.29. The van der Waals surface area contributed by atoms with Gasteiger partial charge in [0.05, 0.1) is 31.9 Å². The monoisotopic (exact) mass is 653 g/mol. The Kier molecular flexibility index (Phi) is 9.23. The lowest BCUT2D eigenvalue weighted by Gasteiger charge is -2.23. The van der Waals surface area contributed by atoms with Gasteiger partial charge in [0, 0.05) is 11.3 Å². The zero-order valence-corrected chi connectivity index (χ0v) is 27.1. The van der Waals surface area contributed by atoms with Gasteiger partial charge in [-0.1, -0.05) is 71.6 Å². The molecule has 1 atom stereocenters. The van der Waals surface area contributed by atoms with Gasteiger partial charge in [0.1, 0.15) is 11.5 Å². The first kappa shape index (κ1) is 31.1. The van der Waals surface area contributed by atoms with E-state index in [0.29, 0.717) is 51.7 Å². The highest BCUT2D eigenvalue weighted by atomic mass is 32.2. The number of fused-ring (bicyclic) bond motifs is 1. The van der Waals surface area contributed by atoms with Gasteiger partial charge < -0.3 is 19.3 Å². The maximum absolute atomic E-state index is 13.7. The third kappa shape index (κ3) is 6.03. The number of benzene rings is 4. The molecule has 1 amide bonds. The van der Waals surface area contributed by atoms with Crippen LogP contribution in [0.15, 0.2) is 94.8 Å². The highest BCUT2D eigenvalue weighted by Gasteiger charge is 2.48. The summed E-state index contributed by atoms with van der Waals surface area (Å²) in [5.74, 6) is 0.272. The largest absolute Gasteiger partial charge is 0.507 e. The first-order valence-electron chi connectivity index (χ1n) is 14.7. The quantitative estimate of drug-likeness (QED) is 0.0512. The van der Waals surface area contributed by atoms with Crippen molar-refractivity contribution in [2.75, 3.05) is 25.2 Å². The minimum absolute atomic E-state index is 0.0677. The molecule has 1 unspecified atom stereocenters. The topological polar surface area (TPSA) is 111 Å². The Hall–Kier alpha value is -4.87. The molecule has 0 bridgehead atoms. The normalized spacial score (nSPS) is 15.8. The van der Waals surface area contributed by atoms with Crippen LogP contribution >= 0.6 is 23.1 Å². The van der Waals surface area contributed by atoms with Crippen molar-refractivity contribution in [3.63, 3.8) is 0 Å². The lowest BCUT2D eigenvalue weighted by molar-refractivity contribution is -0.132. The van der Waals surface area contributed by atoms with E-state index in [1.165, 1.54) is 28.0 Å². The average Bonchev–Trinajstić information content (AvgIpc) is 3.66. The Balaban J connectivity index is 1.40. The van der Waals surface area contributed by atoms with Gasteiger partial charge in [-0.05, 0) is 72.1 Å². The second-order valence-corrected chi connectivity index (χ2v) is 12.4. The number of ketones is 1. The summed E-state index contributed by atoms with van der Waals surface area (Å²) in [6.07, 6.45) is 0. The molecule has 9 nitrogen and oxygen atoms in total. The Morgan fingerprint density at radius 2 is 1.65 bits per heavy atom. The number of anilines is 1. The summed E-state index contributed by atoms with van der Waals surface area (Å²) in [7, 11) is 1.54. The van der Waals surface area contributed by atoms with Crippen molar-refractivity contribution in [3.8, 4) is 17.2 Å². The van der Waals surface area contributed by atoms with E-state index in [2.05, 4.69) is 34.5 Å². The molecule has 6 rings (SSSR count). The van der Waals surface area contributed by atoms with Crippen molar-refractivity contribution in [2.45, 2.75) is 30.0 Å². The predicted octanol–water partition coefficient (Wildman–Crippen LogP) is 7.42. The van der Waals surface area contributed by atoms with Gasteiger partial charge in [0.2, 0.25) is 5.13 Å². The van der Waals surface area contributed by atoms with Crippen LogP contribution in [0, 0.1) is 0 Å². The van der Waals surface area contributed by atoms with Gasteiger partial charge in [0.25, 0.3) is 5.78 Å². The number of rotatable bonds is 11. The molecule has 0 aliphatic carbocycles. The van der Waals surface area contributed by atoms with Crippen LogP contribution in [0.25, 0.3) is 16.5 Å². The van der Waals surface area contributed by atoms with E-state index in [4.69, 9.17) is 14.2 Å². The number of carbonyl (C=O) groups excluding carboxylic acids is 2. The van der Waals surface area contributed by atoms with E-state index in [9.17, 15) is 14.7 Å². The third-order valence-corrected chi connectivity index (χ3v) is 9.63. The number of carbonyl (C=O) groups is 2. The van der Waals surface area contributed by atoms with E-state index < -0.39 is 17.7 Å². The Labute approximate surface area is 274 Å². The van der Waals surface area contributed by atoms with Crippen molar-refractivity contribution in [3.05, 3.63) is 107 Å². The number of hydrogen-bond donors (Lipinski definition) is 1. The number of aromatic nitrogens is 2. The molecular weight excluding hydrogens is 623 g/mol. The number of aliphatic hydroxyl groups excluding tert-OH is 1. The molecule has 2 heterocycles. The molecule has 0 saturated carbocycles. The van der Waals surface area contributed by atoms with Gasteiger partial charge in [-0.25, -0.2) is 0 Å². The molecule has 0 radical (unpaired) electrons. The molecule has 5 aromatic rings. The second kappa shape index (κ2) is 13.6. The van der Waals surface area contributed by atoms with Crippen LogP contribution in [0.4, 0.5) is 5.13 Å². The van der Waals surface area contributed by atoms with E-state index >= 15 is 0 Å². The summed E-state index contributed by atoms with van der Waals surface area (Å²) in [5.41, 5.74) is 1.99. The van der Waals surface area contributed by atoms with Crippen LogP contribution in [-0.2, 0) is 15.3 Å². The van der Waals surface area contributed by atoms with Crippen LogP contribution in [-0.4, -0.2) is 47.3 Å². The van der Waals surface area contributed by atoms with Gasteiger partial charge in [-0.15, -0.1) is 10.2 Å². The molecular formula is C35H31N3O6S2. The molecule has 1 aromatic heterocycles. The lowest BCUT2D eigenvalue weighted by atomic mass is 9.95. The molecule has 11 heteroatoms. The molecule has 1 fully saturated rings. The van der Waals surface area contributed by atoms with Gasteiger partial charge in [-0.2, -0.15) is 0 Å². The van der Waals surface area contributed by atoms with Crippen molar-refractivity contribution >= 4 is 56.5 Å². The number of amides is 1. The Morgan fingerprint density at radius 1 is 0.913 bits per heavy atom. The summed E-state index contributed by atoms with van der Waals surface area (Å²) in [6.45, 7) is 4.54. The maximum atomic E-state index is 13.7. The van der Waals surface area contributed by atoms with Crippen molar-refractivity contribution in [2.24, 2.45) is 0 Å². The molecule has 234 valence electrons. The predicted molar refractivity (Wildman–Crippen MR) is 180 cm³/mol. The Bertz CT molecular complexity index is 1930. The highest BCUT2D eigenvalue weighted by Crippen LogP contribution is 2.46. The van der Waals surface area contributed by atoms with Crippen LogP contribution in [0.2, 0.25) is 0 Å². The fourth-order valence-corrected chi connectivity index (χ4v) is 7.27. The van der Waals surface area contributed by atoms with Gasteiger partial charge in [0.15, 0.2) is 15.8 Å². The van der Waals surface area contributed by atoms with Crippen molar-refractivity contribution in [1.29, 1.82) is 0 Å². The molecule has 46 heavy (non-hydrogen) atoms. The third-order valence-electron chi connectivity index (χ3n) is 7.52. The summed E-state index contributed by atoms with van der Waals surface area (Å²) in [4.78, 5) is 28.7. The van der Waals surface area contributed by atoms with Gasteiger partial charge in [-0.3, -0.25) is 14.5 Å². The van der Waals surface area contributed by atoms with E-state index in [0.717, 1.165) is 16.3 Å². The molecule has 0 spiro atoms. The minimum Gasteiger partial charge on any atom is -0.507 e. The number of hydrogen-bond acceptors (Lipinski definition) is 10. The smallest absolute Gasteiger partial charge is 0.301 e. The van der Waals surface area contributed by atoms with Crippen LogP contribution in [0.3, 0.4) is 0 Å². The van der Waals surface area contributed by atoms with E-state index in [1.54, 1.807) is 49.6 Å². The standard InChI is InChI=1S/C35H31N3O6S2/c1-4-43-27-18-15-23(19-28(27)44-5-2)30-29(31(39)22-13-16-25(42-3)17-14-22)32(40)33(41)38(30)34-36-37-35(46-34)45-20-24-11-8-10-21-9-6-7-12-26(21)24/h6-19,30,39H,4-5,20H2,1-3H3/b31-29+. The number of ether oxygens (including phenoxy) is 3. The zero-order valence-electron chi connectivity index (χ0n) is 25.4. The first-order valence-corrected chi connectivity index (χ1v) is 16.5. The minimum atomic E-state index is -0.999. The maximum Gasteiger partial charge on any atom is 0.301 e.